The van der Waals surface area contributed by atoms with Crippen LogP contribution in [0.1, 0.15) is 23.8 Å². The third-order valence-corrected chi connectivity index (χ3v) is 1.43. The number of nitrogens with one attached hydrogen (secondary N) is 1. The largest absolute Gasteiger partial charge is 0.326 e. The van der Waals surface area contributed by atoms with Crippen LogP contribution in [0.3, 0.4) is 0 Å². The Morgan fingerprint density at radius 3 is 3.18 bits per heavy atom. The monoisotopic (exact) mass is 152 g/mol. The standard InChI is InChI=1S/C8H12N2O/c1-2-5-9-10-6-3-4-8(10)7-11/h3-4,6-7,9H,2,5H2,1H3. The Labute approximate surface area is 66.0 Å². The Kier molecular flexibility index (Phi) is 2.72. The first-order valence-corrected chi connectivity index (χ1v) is 3.75. The highest BCUT2D eigenvalue weighted by Gasteiger charge is 1.95. The third kappa shape index (κ3) is 1.83. The van der Waals surface area contributed by atoms with E-state index in [1.165, 1.54) is 0 Å². The Balaban J connectivity index is 2.61. The second-order valence-electron chi connectivity index (χ2n) is 2.33. The van der Waals surface area contributed by atoms with E-state index in [9.17, 15) is 4.79 Å². The minimum atomic E-state index is 0.665. The van der Waals surface area contributed by atoms with E-state index in [0.29, 0.717) is 5.69 Å². The Morgan fingerprint density at radius 2 is 2.55 bits per heavy atom. The molecule has 0 aromatic carbocycles. The maximum absolute atomic E-state index is 10.4. The number of aromatic nitrogens is 1. The number of carbonyl (C=O) groups excluding carboxylic acids is 1. The van der Waals surface area contributed by atoms with Crippen LogP contribution in [0, 0.1) is 0 Å². The maximum Gasteiger partial charge on any atom is 0.168 e. The van der Waals surface area contributed by atoms with E-state index in [0.717, 1.165) is 19.3 Å². The second kappa shape index (κ2) is 3.81. The molecule has 1 aromatic rings. The predicted octanol–water partition coefficient (Wildman–Crippen LogP) is 1.25. The van der Waals surface area contributed by atoms with Crippen molar-refractivity contribution in [2.45, 2.75) is 13.3 Å². The molecule has 0 spiro atoms. The summed E-state index contributed by atoms with van der Waals surface area (Å²) < 4.78 is 1.73. The SMILES string of the molecule is CCCNn1cccc1C=O. The molecular formula is C8H12N2O. The number of rotatable bonds is 4. The summed E-state index contributed by atoms with van der Waals surface area (Å²) in [5.41, 5.74) is 3.74. The number of hydrogen-bond acceptors (Lipinski definition) is 2. The molecule has 1 N–H and O–H groups in total. The fraction of sp³-hybridized carbons (Fsp3) is 0.375. The van der Waals surface area contributed by atoms with Gasteiger partial charge in [0.05, 0.1) is 0 Å². The molecule has 0 radical (unpaired) electrons. The van der Waals surface area contributed by atoms with Crippen molar-refractivity contribution in [3.8, 4) is 0 Å². The molecule has 0 bridgehead atoms. The summed E-state index contributed by atoms with van der Waals surface area (Å²) in [7, 11) is 0. The van der Waals surface area contributed by atoms with Crippen LogP contribution in [0.4, 0.5) is 0 Å². The average Bonchev–Trinajstić information content (AvgIpc) is 2.47. The van der Waals surface area contributed by atoms with E-state index in [4.69, 9.17) is 0 Å². The summed E-state index contributed by atoms with van der Waals surface area (Å²) in [6.07, 6.45) is 3.72. The molecule has 1 aromatic heterocycles. The van der Waals surface area contributed by atoms with Gasteiger partial charge >= 0.3 is 0 Å². The number of nitrogens with zero attached hydrogens (tertiary/aromatic N) is 1. The Morgan fingerprint density at radius 1 is 1.73 bits per heavy atom. The van der Waals surface area contributed by atoms with Gasteiger partial charge < -0.3 is 5.43 Å². The highest BCUT2D eigenvalue weighted by atomic mass is 16.1. The summed E-state index contributed by atoms with van der Waals surface area (Å²) in [5, 5.41) is 0. The molecule has 0 fully saturated rings. The van der Waals surface area contributed by atoms with Crippen molar-refractivity contribution >= 4 is 6.29 Å². The van der Waals surface area contributed by atoms with Gasteiger partial charge in [0, 0.05) is 12.7 Å². The van der Waals surface area contributed by atoms with Crippen molar-refractivity contribution in [1.82, 2.24) is 4.68 Å². The molecule has 0 amide bonds. The lowest BCUT2D eigenvalue weighted by Gasteiger charge is -2.06. The number of carbonyl (C=O) groups is 1. The van der Waals surface area contributed by atoms with Crippen LogP contribution in [-0.2, 0) is 0 Å². The van der Waals surface area contributed by atoms with Crippen molar-refractivity contribution in [2.75, 3.05) is 12.0 Å². The molecule has 3 heteroatoms. The van der Waals surface area contributed by atoms with Gasteiger partial charge in [0.1, 0.15) is 5.69 Å². The molecule has 0 aliphatic carbocycles. The Bertz CT molecular complexity index is 230. The second-order valence-corrected chi connectivity index (χ2v) is 2.33. The van der Waals surface area contributed by atoms with Gasteiger partial charge in [0.2, 0.25) is 0 Å². The van der Waals surface area contributed by atoms with Gasteiger partial charge in [-0.05, 0) is 18.6 Å². The zero-order valence-corrected chi connectivity index (χ0v) is 6.58. The molecule has 1 rings (SSSR count). The molecule has 0 aliphatic rings. The maximum atomic E-state index is 10.4. The molecule has 60 valence electrons. The van der Waals surface area contributed by atoms with Gasteiger partial charge in [-0.2, -0.15) is 0 Å². The Hall–Kier alpha value is -1.25. The lowest BCUT2D eigenvalue weighted by Crippen LogP contribution is -2.16. The van der Waals surface area contributed by atoms with E-state index < -0.39 is 0 Å². The van der Waals surface area contributed by atoms with Gasteiger partial charge in [0.25, 0.3) is 0 Å². The molecule has 11 heavy (non-hydrogen) atoms. The van der Waals surface area contributed by atoms with Crippen LogP contribution in [0.15, 0.2) is 18.3 Å². The lowest BCUT2D eigenvalue weighted by atomic mass is 10.5. The van der Waals surface area contributed by atoms with E-state index in [1.807, 2.05) is 12.3 Å². The topological polar surface area (TPSA) is 34.0 Å². The zero-order chi connectivity index (χ0) is 8.10. The summed E-state index contributed by atoms with van der Waals surface area (Å²) in [5.74, 6) is 0. The lowest BCUT2D eigenvalue weighted by molar-refractivity contribution is 0.111. The minimum absolute atomic E-state index is 0.665. The van der Waals surface area contributed by atoms with Gasteiger partial charge in [-0.25, -0.2) is 0 Å². The van der Waals surface area contributed by atoms with Crippen LogP contribution in [0.2, 0.25) is 0 Å². The molecule has 0 unspecified atom stereocenters. The van der Waals surface area contributed by atoms with Gasteiger partial charge in [-0.1, -0.05) is 6.92 Å². The highest BCUT2D eigenvalue weighted by molar-refractivity contribution is 5.72. The fourth-order valence-electron chi connectivity index (χ4n) is 0.866. The average molecular weight is 152 g/mol. The van der Waals surface area contributed by atoms with Crippen LogP contribution >= 0.6 is 0 Å². The fourth-order valence-corrected chi connectivity index (χ4v) is 0.866. The van der Waals surface area contributed by atoms with Crippen LogP contribution in [0.25, 0.3) is 0 Å². The molecule has 0 saturated heterocycles. The third-order valence-electron chi connectivity index (χ3n) is 1.43. The minimum Gasteiger partial charge on any atom is -0.326 e. The molecule has 0 aliphatic heterocycles. The first-order valence-electron chi connectivity index (χ1n) is 3.75. The predicted molar refractivity (Wildman–Crippen MR) is 44.3 cm³/mol. The summed E-state index contributed by atoms with van der Waals surface area (Å²) >= 11 is 0. The summed E-state index contributed by atoms with van der Waals surface area (Å²) in [6, 6.07) is 3.61. The summed E-state index contributed by atoms with van der Waals surface area (Å²) in [4.78, 5) is 10.4. The number of hydrogen-bond donors (Lipinski definition) is 1. The normalized spacial score (nSPS) is 9.55. The number of aldehydes is 1. The van der Waals surface area contributed by atoms with Crippen LogP contribution in [-0.4, -0.2) is 17.5 Å². The van der Waals surface area contributed by atoms with Gasteiger partial charge in [0.15, 0.2) is 6.29 Å². The van der Waals surface area contributed by atoms with Crippen molar-refractivity contribution in [3.05, 3.63) is 24.0 Å². The zero-order valence-electron chi connectivity index (χ0n) is 6.58. The smallest absolute Gasteiger partial charge is 0.168 e. The first-order chi connectivity index (χ1) is 5.38. The molecular weight excluding hydrogens is 140 g/mol. The molecule has 3 nitrogen and oxygen atoms in total. The molecule has 0 saturated carbocycles. The quantitative estimate of drug-likeness (QED) is 0.659. The summed E-state index contributed by atoms with van der Waals surface area (Å²) in [6.45, 7) is 2.96. The van der Waals surface area contributed by atoms with Crippen LogP contribution in [0.5, 0.6) is 0 Å². The first kappa shape index (κ1) is 7.85. The highest BCUT2D eigenvalue weighted by Crippen LogP contribution is 1.94. The van der Waals surface area contributed by atoms with E-state index in [1.54, 1.807) is 10.7 Å². The molecule has 0 atom stereocenters. The van der Waals surface area contributed by atoms with Crippen molar-refractivity contribution in [2.24, 2.45) is 0 Å². The van der Waals surface area contributed by atoms with Gasteiger partial charge in [-0.15, -0.1) is 0 Å². The van der Waals surface area contributed by atoms with Gasteiger partial charge in [-0.3, -0.25) is 9.47 Å². The van der Waals surface area contributed by atoms with Crippen LogP contribution < -0.4 is 5.43 Å². The van der Waals surface area contributed by atoms with E-state index >= 15 is 0 Å². The van der Waals surface area contributed by atoms with E-state index in [-0.39, 0.29) is 0 Å². The van der Waals surface area contributed by atoms with Crippen molar-refractivity contribution in [3.63, 3.8) is 0 Å². The van der Waals surface area contributed by atoms with Crippen molar-refractivity contribution in [1.29, 1.82) is 0 Å². The van der Waals surface area contributed by atoms with E-state index in [2.05, 4.69) is 12.3 Å². The van der Waals surface area contributed by atoms with Crippen molar-refractivity contribution < 1.29 is 4.79 Å². The molecule has 1 heterocycles.